The molecular weight excluding hydrogens is 176 g/mol. The van der Waals surface area contributed by atoms with E-state index in [9.17, 15) is 0 Å². The van der Waals surface area contributed by atoms with Crippen LogP contribution in [0.1, 0.15) is 36.8 Å². The predicted molar refractivity (Wildman–Crippen MR) is 54.9 cm³/mol. The first kappa shape index (κ1) is 9.53. The van der Waals surface area contributed by atoms with Crippen molar-refractivity contribution >= 4 is 0 Å². The fraction of sp³-hybridized carbons (Fsp3) is 0.417. The first-order chi connectivity index (χ1) is 6.83. The summed E-state index contributed by atoms with van der Waals surface area (Å²) in [5, 5.41) is 8.98. The molecule has 1 N–H and O–H groups in total. The fourth-order valence-electron chi connectivity index (χ4n) is 1.62. The molecular formula is C12H15O2. The van der Waals surface area contributed by atoms with Gasteiger partial charge in [0.25, 0.3) is 0 Å². The smallest absolute Gasteiger partial charge is 0.119 e. The minimum absolute atomic E-state index is 0.666. The van der Waals surface area contributed by atoms with E-state index in [2.05, 4.69) is 6.07 Å². The summed E-state index contributed by atoms with van der Waals surface area (Å²) in [6, 6.07) is 5.96. The van der Waals surface area contributed by atoms with Crippen LogP contribution in [0.4, 0.5) is 0 Å². The largest absolute Gasteiger partial charge is 0.494 e. The lowest BCUT2D eigenvalue weighted by Crippen LogP contribution is -1.94. The normalized spacial score (nSPS) is 15.6. The monoisotopic (exact) mass is 191 g/mol. The number of hydrogen-bond acceptors (Lipinski definition) is 2. The molecule has 0 amide bonds. The minimum atomic E-state index is 0.666. The van der Waals surface area contributed by atoms with Crippen LogP contribution in [0.15, 0.2) is 18.2 Å². The van der Waals surface area contributed by atoms with E-state index in [-0.39, 0.29) is 0 Å². The number of aliphatic hydroxyl groups is 1. The molecule has 0 saturated heterocycles. The molecule has 0 aromatic heterocycles. The van der Waals surface area contributed by atoms with Crippen molar-refractivity contribution in [1.29, 1.82) is 0 Å². The molecule has 0 spiro atoms. The molecule has 1 aromatic rings. The van der Waals surface area contributed by atoms with Gasteiger partial charge in [-0.25, -0.2) is 0 Å². The van der Waals surface area contributed by atoms with Crippen molar-refractivity contribution in [1.82, 2.24) is 0 Å². The summed E-state index contributed by atoms with van der Waals surface area (Å²) >= 11 is 0. The van der Waals surface area contributed by atoms with Gasteiger partial charge in [0.15, 0.2) is 0 Å². The van der Waals surface area contributed by atoms with Crippen LogP contribution >= 0.6 is 0 Å². The maximum atomic E-state index is 8.98. The van der Waals surface area contributed by atoms with E-state index in [0.717, 1.165) is 17.9 Å². The Morgan fingerprint density at radius 2 is 2.21 bits per heavy atom. The molecule has 1 radical (unpaired) electrons. The molecule has 1 aliphatic carbocycles. The second-order valence-electron chi connectivity index (χ2n) is 3.67. The average molecular weight is 191 g/mol. The summed E-state index contributed by atoms with van der Waals surface area (Å²) in [6.07, 6.45) is 2.53. The third kappa shape index (κ3) is 2.07. The van der Waals surface area contributed by atoms with Gasteiger partial charge in [0.1, 0.15) is 12.4 Å². The van der Waals surface area contributed by atoms with Crippen LogP contribution in [-0.4, -0.2) is 11.7 Å². The number of aliphatic hydroxyl groups excluding tert-OH is 1. The Morgan fingerprint density at radius 1 is 1.43 bits per heavy atom. The molecule has 0 heterocycles. The van der Waals surface area contributed by atoms with Gasteiger partial charge in [-0.3, -0.25) is 0 Å². The van der Waals surface area contributed by atoms with Crippen molar-refractivity contribution in [3.63, 3.8) is 0 Å². The molecule has 14 heavy (non-hydrogen) atoms. The van der Waals surface area contributed by atoms with Gasteiger partial charge in [-0.1, -0.05) is 6.07 Å². The predicted octanol–water partition coefficient (Wildman–Crippen LogP) is 2.85. The van der Waals surface area contributed by atoms with Gasteiger partial charge in [-0.15, -0.1) is 0 Å². The molecule has 0 bridgehead atoms. The first-order valence-electron chi connectivity index (χ1n) is 5.08. The number of rotatable bonds is 4. The van der Waals surface area contributed by atoms with E-state index in [4.69, 9.17) is 9.84 Å². The number of benzene rings is 1. The van der Waals surface area contributed by atoms with Gasteiger partial charge < -0.3 is 9.84 Å². The number of ether oxygens (including phenoxy) is 1. The van der Waals surface area contributed by atoms with Crippen LogP contribution in [0.2, 0.25) is 0 Å². The van der Waals surface area contributed by atoms with E-state index in [1.165, 1.54) is 18.4 Å². The minimum Gasteiger partial charge on any atom is -0.494 e. The molecule has 0 atom stereocenters. The van der Waals surface area contributed by atoms with Crippen molar-refractivity contribution in [2.75, 3.05) is 6.61 Å². The standard InChI is InChI=1S/C12H15O2/c1-2-14-12-6-9(8-13)5-11(7-12)10-3-4-10/h5-8,10,13H,2-4H2,1H3. The lowest BCUT2D eigenvalue weighted by atomic mass is 10.1. The van der Waals surface area contributed by atoms with Gasteiger partial charge in [-0.2, -0.15) is 0 Å². The summed E-state index contributed by atoms with van der Waals surface area (Å²) in [7, 11) is 0. The second kappa shape index (κ2) is 4.01. The molecule has 1 fully saturated rings. The van der Waals surface area contributed by atoms with E-state index in [1.54, 1.807) is 0 Å². The second-order valence-corrected chi connectivity index (χ2v) is 3.67. The Balaban J connectivity index is 2.26. The molecule has 1 saturated carbocycles. The van der Waals surface area contributed by atoms with Crippen LogP contribution in [0.5, 0.6) is 5.75 Å². The molecule has 75 valence electrons. The summed E-state index contributed by atoms with van der Waals surface area (Å²) < 4.78 is 5.44. The number of hydrogen-bond donors (Lipinski definition) is 1. The molecule has 2 rings (SSSR count). The van der Waals surface area contributed by atoms with Crippen LogP contribution in [-0.2, 0) is 0 Å². The van der Waals surface area contributed by atoms with Crippen molar-refractivity contribution in [3.8, 4) is 5.75 Å². The molecule has 1 aliphatic rings. The highest BCUT2D eigenvalue weighted by molar-refractivity contribution is 5.39. The van der Waals surface area contributed by atoms with Crippen LogP contribution in [0, 0.1) is 6.61 Å². The lowest BCUT2D eigenvalue weighted by molar-refractivity contribution is 0.338. The Morgan fingerprint density at radius 3 is 2.79 bits per heavy atom. The summed E-state index contributed by atoms with van der Waals surface area (Å²) in [6.45, 7) is 3.76. The third-order valence-electron chi connectivity index (χ3n) is 2.46. The van der Waals surface area contributed by atoms with Crippen molar-refractivity contribution in [2.45, 2.75) is 25.7 Å². The van der Waals surface area contributed by atoms with Gasteiger partial charge >= 0.3 is 0 Å². The highest BCUT2D eigenvalue weighted by Gasteiger charge is 2.24. The van der Waals surface area contributed by atoms with E-state index >= 15 is 0 Å². The van der Waals surface area contributed by atoms with Gasteiger partial charge in [-0.05, 0) is 48.9 Å². The van der Waals surface area contributed by atoms with Gasteiger partial charge in [0.2, 0.25) is 0 Å². The summed E-state index contributed by atoms with van der Waals surface area (Å²) in [5.41, 5.74) is 2.12. The van der Waals surface area contributed by atoms with Crippen molar-refractivity contribution in [2.24, 2.45) is 0 Å². The zero-order valence-electron chi connectivity index (χ0n) is 8.36. The SMILES string of the molecule is CCOc1cc([CH]O)cc(C2CC2)c1. The van der Waals surface area contributed by atoms with Crippen molar-refractivity contribution < 1.29 is 9.84 Å². The van der Waals surface area contributed by atoms with E-state index < -0.39 is 0 Å². The Labute approximate surface area is 84.5 Å². The topological polar surface area (TPSA) is 29.5 Å². The maximum Gasteiger partial charge on any atom is 0.119 e. The molecule has 0 unspecified atom stereocenters. The molecule has 0 aliphatic heterocycles. The average Bonchev–Trinajstić information content (AvgIpc) is 3.01. The first-order valence-corrected chi connectivity index (χ1v) is 5.08. The van der Waals surface area contributed by atoms with Gasteiger partial charge in [0, 0.05) is 0 Å². The highest BCUT2D eigenvalue weighted by Crippen LogP contribution is 2.41. The third-order valence-corrected chi connectivity index (χ3v) is 2.46. The Bertz CT molecular complexity index is 316. The van der Waals surface area contributed by atoms with Crippen LogP contribution in [0.3, 0.4) is 0 Å². The molecule has 1 aromatic carbocycles. The van der Waals surface area contributed by atoms with Crippen LogP contribution in [0.25, 0.3) is 0 Å². The Kier molecular flexibility index (Phi) is 2.73. The maximum absolute atomic E-state index is 8.98. The van der Waals surface area contributed by atoms with E-state index in [0.29, 0.717) is 12.5 Å². The summed E-state index contributed by atoms with van der Waals surface area (Å²) in [5.74, 6) is 1.55. The molecule has 2 heteroatoms. The van der Waals surface area contributed by atoms with Crippen LogP contribution < -0.4 is 4.74 Å². The zero-order valence-corrected chi connectivity index (χ0v) is 8.36. The van der Waals surface area contributed by atoms with Crippen molar-refractivity contribution in [3.05, 3.63) is 35.9 Å². The van der Waals surface area contributed by atoms with E-state index in [1.807, 2.05) is 19.1 Å². The summed E-state index contributed by atoms with van der Waals surface area (Å²) in [4.78, 5) is 0. The quantitative estimate of drug-likeness (QED) is 0.793. The Hall–Kier alpha value is -1.02. The highest BCUT2D eigenvalue weighted by atomic mass is 16.5. The molecule has 2 nitrogen and oxygen atoms in total. The lowest BCUT2D eigenvalue weighted by Gasteiger charge is -2.07. The fourth-order valence-corrected chi connectivity index (χ4v) is 1.62. The zero-order chi connectivity index (χ0) is 9.97. The van der Waals surface area contributed by atoms with Gasteiger partial charge in [0.05, 0.1) is 6.61 Å².